The normalized spacial score (nSPS) is 13.0. The van der Waals surface area contributed by atoms with Gasteiger partial charge in [0.05, 0.1) is 17.7 Å². The van der Waals surface area contributed by atoms with E-state index in [-0.39, 0.29) is 11.5 Å². The van der Waals surface area contributed by atoms with E-state index in [4.69, 9.17) is 5.11 Å². The van der Waals surface area contributed by atoms with Gasteiger partial charge in [0.25, 0.3) is 0 Å². The number of nitrogens with one attached hydrogen (secondary N) is 1. The highest BCUT2D eigenvalue weighted by Crippen LogP contribution is 2.33. The molecule has 2 aromatic carbocycles. The summed E-state index contributed by atoms with van der Waals surface area (Å²) in [6, 6.07) is 12.4. The highest BCUT2D eigenvalue weighted by molar-refractivity contribution is 7.14. The molecular weight excluding hydrogens is 350 g/mol. The van der Waals surface area contributed by atoms with E-state index in [1.54, 1.807) is 36.2 Å². The molecule has 7 heteroatoms. The van der Waals surface area contributed by atoms with Crippen LogP contribution in [0.15, 0.2) is 47.8 Å². The molecule has 0 saturated carbocycles. The molecule has 1 aliphatic heterocycles. The van der Waals surface area contributed by atoms with E-state index in [9.17, 15) is 9.59 Å². The Labute approximate surface area is 153 Å². The lowest BCUT2D eigenvalue weighted by Crippen LogP contribution is -2.20. The van der Waals surface area contributed by atoms with Gasteiger partial charge in [0.15, 0.2) is 5.13 Å². The van der Waals surface area contributed by atoms with Crippen LogP contribution in [-0.2, 0) is 11.2 Å². The summed E-state index contributed by atoms with van der Waals surface area (Å²) in [5.74, 6) is -0.851. The fourth-order valence-corrected chi connectivity index (χ4v) is 3.65. The first-order valence-corrected chi connectivity index (χ1v) is 8.85. The zero-order valence-electron chi connectivity index (χ0n) is 13.9. The van der Waals surface area contributed by atoms with Gasteiger partial charge < -0.3 is 15.3 Å². The largest absolute Gasteiger partial charge is 0.478 e. The minimum Gasteiger partial charge on any atom is -0.478 e. The van der Waals surface area contributed by atoms with E-state index in [0.29, 0.717) is 6.42 Å². The maximum Gasteiger partial charge on any atom is 0.335 e. The first kappa shape index (κ1) is 16.3. The molecule has 0 bridgehead atoms. The van der Waals surface area contributed by atoms with Crippen LogP contribution >= 0.6 is 11.3 Å². The third-order valence-electron chi connectivity index (χ3n) is 4.34. The van der Waals surface area contributed by atoms with Crippen molar-refractivity contribution in [2.45, 2.75) is 6.42 Å². The van der Waals surface area contributed by atoms with Crippen molar-refractivity contribution in [3.05, 3.63) is 59.0 Å². The molecule has 0 saturated heterocycles. The summed E-state index contributed by atoms with van der Waals surface area (Å²) in [4.78, 5) is 29.0. The van der Waals surface area contributed by atoms with Crippen molar-refractivity contribution in [2.24, 2.45) is 0 Å². The molecular formula is C19H15N3O3S. The van der Waals surface area contributed by atoms with E-state index >= 15 is 0 Å². The monoisotopic (exact) mass is 365 g/mol. The number of hydrogen-bond acceptors (Lipinski definition) is 5. The number of carboxylic acid groups (broad SMARTS) is 1. The Hall–Kier alpha value is -3.19. The lowest BCUT2D eigenvalue weighted by Gasteiger charge is -2.09. The number of amides is 1. The summed E-state index contributed by atoms with van der Waals surface area (Å²) >= 11 is 1.47. The first-order valence-electron chi connectivity index (χ1n) is 7.97. The van der Waals surface area contributed by atoms with Crippen molar-refractivity contribution in [2.75, 3.05) is 17.3 Å². The van der Waals surface area contributed by atoms with E-state index in [1.165, 1.54) is 11.3 Å². The van der Waals surface area contributed by atoms with Gasteiger partial charge in [0, 0.05) is 29.4 Å². The van der Waals surface area contributed by atoms with Gasteiger partial charge >= 0.3 is 5.97 Å². The van der Waals surface area contributed by atoms with Crippen LogP contribution in [-0.4, -0.2) is 29.0 Å². The van der Waals surface area contributed by atoms with Crippen LogP contribution in [0.4, 0.5) is 16.5 Å². The molecule has 2 heterocycles. The van der Waals surface area contributed by atoms with Gasteiger partial charge in [-0.1, -0.05) is 6.07 Å². The lowest BCUT2D eigenvalue weighted by molar-refractivity contribution is -0.117. The minimum absolute atomic E-state index is 0.0996. The summed E-state index contributed by atoms with van der Waals surface area (Å²) in [6.07, 6.45) is 0.421. The molecule has 0 unspecified atom stereocenters. The Morgan fingerprint density at radius 3 is 2.73 bits per heavy atom. The van der Waals surface area contributed by atoms with Crippen LogP contribution in [0.1, 0.15) is 15.9 Å². The molecule has 0 fully saturated rings. The molecule has 1 amide bonds. The molecule has 130 valence electrons. The molecule has 1 aromatic heterocycles. The van der Waals surface area contributed by atoms with Crippen LogP contribution in [0.25, 0.3) is 11.3 Å². The number of fused-ring (bicyclic) bond motifs is 1. The van der Waals surface area contributed by atoms with Crippen molar-refractivity contribution >= 4 is 39.7 Å². The minimum atomic E-state index is -0.950. The van der Waals surface area contributed by atoms with Gasteiger partial charge in [-0.05, 0) is 42.0 Å². The average Bonchev–Trinajstić information content (AvgIpc) is 3.20. The average molecular weight is 365 g/mol. The fourth-order valence-electron chi connectivity index (χ4n) is 2.91. The van der Waals surface area contributed by atoms with Crippen LogP contribution < -0.4 is 10.2 Å². The van der Waals surface area contributed by atoms with Crippen molar-refractivity contribution in [3.63, 3.8) is 0 Å². The van der Waals surface area contributed by atoms with Crippen molar-refractivity contribution < 1.29 is 14.7 Å². The number of aromatic nitrogens is 1. The topological polar surface area (TPSA) is 82.5 Å². The highest BCUT2D eigenvalue weighted by atomic mass is 32.1. The molecule has 0 atom stereocenters. The quantitative estimate of drug-likeness (QED) is 0.735. The third kappa shape index (κ3) is 2.93. The molecule has 6 nitrogen and oxygen atoms in total. The molecule has 0 aliphatic carbocycles. The molecule has 0 spiro atoms. The first-order chi connectivity index (χ1) is 12.5. The second-order valence-corrected chi connectivity index (χ2v) is 6.88. The number of carbonyl (C=O) groups is 2. The molecule has 3 aromatic rings. The number of carbonyl (C=O) groups excluding carboxylic acids is 1. The Bertz CT molecular complexity index is 1010. The zero-order chi connectivity index (χ0) is 18.3. The summed E-state index contributed by atoms with van der Waals surface area (Å²) in [6.45, 7) is 0. The molecule has 0 radical (unpaired) electrons. The number of nitrogens with zero attached hydrogens (tertiary/aromatic N) is 2. The zero-order valence-corrected chi connectivity index (χ0v) is 14.7. The van der Waals surface area contributed by atoms with Gasteiger partial charge in [-0.25, -0.2) is 9.78 Å². The second-order valence-electron chi connectivity index (χ2n) is 6.02. The summed E-state index contributed by atoms with van der Waals surface area (Å²) in [7, 11) is 1.79. The number of aromatic carboxylic acids is 1. The second kappa shape index (κ2) is 6.27. The number of hydrogen-bond donors (Lipinski definition) is 2. The predicted molar refractivity (Wildman–Crippen MR) is 101 cm³/mol. The highest BCUT2D eigenvalue weighted by Gasteiger charge is 2.24. The number of anilines is 3. The molecule has 1 aliphatic rings. The standard InChI is InChI=1S/C19H15N3O3S/c1-22-16-7-4-12(8-13(16)9-17(22)23)15-10-26-19(21-15)20-14-5-2-11(3-6-14)18(24)25/h2-8,10H,9H2,1H3,(H,20,21)(H,24,25). The Balaban J connectivity index is 1.54. The SMILES string of the molecule is CN1C(=O)Cc2cc(-c3csc(Nc4ccc(C(=O)O)cc4)n3)ccc21. The number of thiazole rings is 1. The van der Waals surface area contributed by atoms with Crippen LogP contribution in [0.2, 0.25) is 0 Å². The van der Waals surface area contributed by atoms with Crippen molar-refractivity contribution in [1.29, 1.82) is 0 Å². The number of carboxylic acids is 1. The smallest absolute Gasteiger partial charge is 0.335 e. The molecule has 2 N–H and O–H groups in total. The van der Waals surface area contributed by atoms with Crippen LogP contribution in [0.3, 0.4) is 0 Å². The van der Waals surface area contributed by atoms with E-state index < -0.39 is 5.97 Å². The fraction of sp³-hybridized carbons (Fsp3) is 0.105. The predicted octanol–water partition coefficient (Wildman–Crippen LogP) is 3.77. The van der Waals surface area contributed by atoms with Crippen molar-refractivity contribution in [1.82, 2.24) is 4.98 Å². The number of likely N-dealkylation sites (N-methyl/N-ethyl adjacent to an activating group) is 1. The van der Waals surface area contributed by atoms with Gasteiger partial charge in [-0.15, -0.1) is 11.3 Å². The van der Waals surface area contributed by atoms with E-state index in [2.05, 4.69) is 10.3 Å². The van der Waals surface area contributed by atoms with Gasteiger partial charge in [-0.3, -0.25) is 4.79 Å². The van der Waals surface area contributed by atoms with E-state index in [0.717, 1.165) is 33.3 Å². The Kier molecular flexibility index (Phi) is 3.93. The number of rotatable bonds is 4. The van der Waals surface area contributed by atoms with Gasteiger partial charge in [-0.2, -0.15) is 0 Å². The molecule has 26 heavy (non-hydrogen) atoms. The van der Waals surface area contributed by atoms with E-state index in [1.807, 2.05) is 23.6 Å². The maximum atomic E-state index is 11.8. The molecule has 4 rings (SSSR count). The summed E-state index contributed by atoms with van der Waals surface area (Å²) < 4.78 is 0. The van der Waals surface area contributed by atoms with Gasteiger partial charge in [0.2, 0.25) is 5.91 Å². The van der Waals surface area contributed by atoms with Crippen molar-refractivity contribution in [3.8, 4) is 11.3 Å². The lowest BCUT2D eigenvalue weighted by atomic mass is 10.1. The number of benzene rings is 2. The summed E-state index contributed by atoms with van der Waals surface area (Å²) in [5, 5.41) is 14.8. The Morgan fingerprint density at radius 1 is 1.23 bits per heavy atom. The van der Waals surface area contributed by atoms with Gasteiger partial charge in [0.1, 0.15) is 0 Å². The Morgan fingerprint density at radius 2 is 2.00 bits per heavy atom. The third-order valence-corrected chi connectivity index (χ3v) is 5.10. The van der Waals surface area contributed by atoms with Crippen LogP contribution in [0, 0.1) is 0 Å². The maximum absolute atomic E-state index is 11.8. The van der Waals surface area contributed by atoms with Crippen LogP contribution in [0.5, 0.6) is 0 Å². The summed E-state index contributed by atoms with van der Waals surface area (Å²) in [5.41, 5.74) is 4.79.